The molecule has 0 aliphatic rings. The first kappa shape index (κ1) is 21.0. The van der Waals surface area contributed by atoms with Gasteiger partial charge in [0.25, 0.3) is 0 Å². The highest BCUT2D eigenvalue weighted by atomic mass is 35.5. The van der Waals surface area contributed by atoms with Crippen LogP contribution < -0.4 is 11.1 Å². The maximum atomic E-state index is 13.2. The van der Waals surface area contributed by atoms with Crippen LogP contribution in [0.1, 0.15) is 37.6 Å². The molecule has 1 aromatic heterocycles. The maximum Gasteiger partial charge on any atom is 0.341 e. The highest BCUT2D eigenvalue weighted by Gasteiger charge is 2.28. The number of carbonyl (C=O) groups excluding carboxylic acids is 2. The number of methoxy groups -OCH3 is 1. The molecule has 0 aliphatic carbocycles. The first-order valence-electron chi connectivity index (χ1n) is 9.11. The number of nitrogens with two attached hydrogens (primary N) is 1. The number of nitrogens with one attached hydrogen (secondary N) is 1. The van der Waals surface area contributed by atoms with E-state index in [0.29, 0.717) is 51.0 Å². The highest BCUT2D eigenvalue weighted by Crippen LogP contribution is 2.38. The molecule has 0 unspecified atom stereocenters. The van der Waals surface area contributed by atoms with E-state index < -0.39 is 5.97 Å². The van der Waals surface area contributed by atoms with Crippen LogP contribution in [0.2, 0.25) is 5.02 Å². The fraction of sp³-hybridized carbons (Fsp3) is 0.182. The third-order valence-corrected chi connectivity index (χ3v) is 5.77. The molecule has 0 bridgehead atoms. The summed E-state index contributed by atoms with van der Waals surface area (Å²) in [6.07, 6.45) is 1.15. The van der Waals surface area contributed by atoms with Crippen molar-refractivity contribution in [3.8, 4) is 0 Å². The van der Waals surface area contributed by atoms with E-state index in [9.17, 15) is 9.59 Å². The number of benzene rings is 2. The maximum absolute atomic E-state index is 13.2. The van der Waals surface area contributed by atoms with Crippen LogP contribution in [-0.2, 0) is 11.2 Å². The number of para-hydroxylation sites is 1. The van der Waals surface area contributed by atoms with Crippen LogP contribution in [0.5, 0.6) is 0 Å². The number of carbonyl (C=O) groups is 2. The summed E-state index contributed by atoms with van der Waals surface area (Å²) < 4.78 is 5.02. The van der Waals surface area contributed by atoms with Crippen molar-refractivity contribution < 1.29 is 14.3 Å². The van der Waals surface area contributed by atoms with Crippen molar-refractivity contribution >= 4 is 45.4 Å². The molecule has 3 aromatic rings. The lowest BCUT2D eigenvalue weighted by Crippen LogP contribution is -2.11. The molecule has 0 radical (unpaired) electrons. The van der Waals surface area contributed by atoms with Crippen molar-refractivity contribution in [3.05, 3.63) is 81.2 Å². The van der Waals surface area contributed by atoms with Crippen molar-refractivity contribution in [1.82, 2.24) is 0 Å². The predicted octanol–water partition coefficient (Wildman–Crippen LogP) is 5.05. The zero-order chi connectivity index (χ0) is 20.8. The van der Waals surface area contributed by atoms with Crippen LogP contribution in [0.15, 0.2) is 54.6 Å². The first-order chi connectivity index (χ1) is 14.0. The van der Waals surface area contributed by atoms with Gasteiger partial charge >= 0.3 is 5.97 Å². The van der Waals surface area contributed by atoms with E-state index >= 15 is 0 Å². The monoisotopic (exact) mass is 428 g/mol. The number of halogens is 1. The summed E-state index contributed by atoms with van der Waals surface area (Å²) in [5.41, 5.74) is 8.05. The number of hydrogen-bond donors (Lipinski definition) is 2. The Balaban J connectivity index is 2.11. The number of anilines is 2. The van der Waals surface area contributed by atoms with Crippen molar-refractivity contribution in [2.45, 2.75) is 12.8 Å². The van der Waals surface area contributed by atoms with Gasteiger partial charge in [-0.2, -0.15) is 0 Å². The first-order valence-corrected chi connectivity index (χ1v) is 10.3. The Morgan fingerprint density at radius 1 is 1.10 bits per heavy atom. The van der Waals surface area contributed by atoms with Gasteiger partial charge in [0.1, 0.15) is 5.00 Å². The van der Waals surface area contributed by atoms with Crippen molar-refractivity contribution in [2.75, 3.05) is 19.0 Å². The summed E-state index contributed by atoms with van der Waals surface area (Å²) in [6.45, 7) is 0.451. The second kappa shape index (κ2) is 9.69. The Bertz CT molecular complexity index is 1000. The molecule has 0 saturated heterocycles. The molecule has 150 valence electrons. The molecular weight excluding hydrogens is 408 g/mol. The fourth-order valence-electron chi connectivity index (χ4n) is 2.96. The van der Waals surface area contributed by atoms with Crippen LogP contribution >= 0.6 is 22.9 Å². The standard InChI is InChI=1S/C22H21ClN2O3S/c1-28-22(27)18-17(8-5-13-24)20(19(26)14-9-11-15(23)12-10-14)29-21(18)25-16-6-3-2-4-7-16/h2-4,6-7,9-12,25H,5,8,13,24H2,1H3. The lowest BCUT2D eigenvalue weighted by molar-refractivity contribution is 0.0601. The Kier molecular flexibility index (Phi) is 7.04. The van der Waals surface area contributed by atoms with Crippen molar-refractivity contribution in [2.24, 2.45) is 5.73 Å². The van der Waals surface area contributed by atoms with E-state index in [1.807, 2.05) is 30.3 Å². The number of thiophene rings is 1. The summed E-state index contributed by atoms with van der Waals surface area (Å²) in [5, 5.41) is 4.38. The summed E-state index contributed by atoms with van der Waals surface area (Å²) in [7, 11) is 1.33. The van der Waals surface area contributed by atoms with Crippen LogP contribution in [0.4, 0.5) is 10.7 Å². The summed E-state index contributed by atoms with van der Waals surface area (Å²) in [5.74, 6) is -0.646. The molecule has 5 nitrogen and oxygen atoms in total. The minimum absolute atomic E-state index is 0.162. The number of ketones is 1. The summed E-state index contributed by atoms with van der Waals surface area (Å²) in [4.78, 5) is 26.3. The average Bonchev–Trinajstić information content (AvgIpc) is 3.10. The number of rotatable bonds is 8. The minimum Gasteiger partial charge on any atom is -0.465 e. The van der Waals surface area contributed by atoms with Gasteiger partial charge in [-0.3, -0.25) is 4.79 Å². The normalized spacial score (nSPS) is 10.6. The molecule has 3 rings (SSSR count). The fourth-order valence-corrected chi connectivity index (χ4v) is 4.30. The van der Waals surface area contributed by atoms with Gasteiger partial charge < -0.3 is 15.8 Å². The van der Waals surface area contributed by atoms with Crippen LogP contribution in [0.3, 0.4) is 0 Å². The molecule has 0 spiro atoms. The van der Waals surface area contributed by atoms with Crippen molar-refractivity contribution in [1.29, 1.82) is 0 Å². The quantitative estimate of drug-likeness (QED) is 0.387. The Hall–Kier alpha value is -2.67. The SMILES string of the molecule is COC(=O)c1c(Nc2ccccc2)sc(C(=O)c2ccc(Cl)cc2)c1CCCN. The van der Waals surface area contributed by atoms with Gasteiger partial charge in [-0.15, -0.1) is 11.3 Å². The molecule has 0 fully saturated rings. The molecule has 29 heavy (non-hydrogen) atoms. The van der Waals surface area contributed by atoms with E-state index in [1.54, 1.807) is 24.3 Å². The van der Waals surface area contributed by atoms with Crippen molar-refractivity contribution in [3.63, 3.8) is 0 Å². The lowest BCUT2D eigenvalue weighted by atomic mass is 10.00. The van der Waals surface area contributed by atoms with Crippen LogP contribution in [0, 0.1) is 0 Å². The largest absolute Gasteiger partial charge is 0.465 e. The van der Waals surface area contributed by atoms with Gasteiger partial charge in [-0.05, 0) is 61.3 Å². The van der Waals surface area contributed by atoms with Crippen LogP contribution in [0.25, 0.3) is 0 Å². The summed E-state index contributed by atoms with van der Waals surface area (Å²) in [6, 6.07) is 16.2. The highest BCUT2D eigenvalue weighted by molar-refractivity contribution is 7.18. The summed E-state index contributed by atoms with van der Waals surface area (Å²) >= 11 is 7.20. The van der Waals surface area contributed by atoms with E-state index in [-0.39, 0.29) is 5.78 Å². The minimum atomic E-state index is -0.484. The number of esters is 1. The Morgan fingerprint density at radius 2 is 1.79 bits per heavy atom. The third kappa shape index (κ3) is 4.85. The Morgan fingerprint density at radius 3 is 2.41 bits per heavy atom. The van der Waals surface area contributed by atoms with E-state index in [2.05, 4.69) is 5.32 Å². The van der Waals surface area contributed by atoms with Gasteiger partial charge in [0.05, 0.1) is 17.6 Å². The third-order valence-electron chi connectivity index (χ3n) is 4.37. The molecule has 0 aliphatic heterocycles. The molecule has 1 heterocycles. The van der Waals surface area contributed by atoms with E-state index in [0.717, 1.165) is 5.69 Å². The Labute approximate surface area is 178 Å². The van der Waals surface area contributed by atoms with E-state index in [4.69, 9.17) is 22.1 Å². The van der Waals surface area contributed by atoms with Gasteiger partial charge in [0.15, 0.2) is 0 Å². The lowest BCUT2D eigenvalue weighted by Gasteiger charge is -2.08. The molecule has 3 N–H and O–H groups in total. The molecular formula is C22H21ClN2O3S. The van der Waals surface area contributed by atoms with Gasteiger partial charge in [0.2, 0.25) is 5.78 Å². The topological polar surface area (TPSA) is 81.4 Å². The van der Waals surface area contributed by atoms with Gasteiger partial charge in [0, 0.05) is 16.3 Å². The molecule has 0 amide bonds. The number of ether oxygens (including phenoxy) is 1. The van der Waals surface area contributed by atoms with Gasteiger partial charge in [-0.1, -0.05) is 29.8 Å². The molecule has 2 aromatic carbocycles. The second-order valence-electron chi connectivity index (χ2n) is 6.32. The molecule has 0 saturated carbocycles. The zero-order valence-corrected chi connectivity index (χ0v) is 17.5. The van der Waals surface area contributed by atoms with Crippen LogP contribution in [-0.4, -0.2) is 25.4 Å². The second-order valence-corrected chi connectivity index (χ2v) is 7.78. The zero-order valence-electron chi connectivity index (χ0n) is 15.9. The van der Waals surface area contributed by atoms with E-state index in [1.165, 1.54) is 18.4 Å². The smallest absolute Gasteiger partial charge is 0.341 e. The number of hydrogen-bond acceptors (Lipinski definition) is 6. The predicted molar refractivity (Wildman–Crippen MR) is 118 cm³/mol. The average molecular weight is 429 g/mol. The molecule has 0 atom stereocenters. The molecule has 7 heteroatoms. The van der Waals surface area contributed by atoms with Gasteiger partial charge in [-0.25, -0.2) is 4.79 Å².